The van der Waals surface area contributed by atoms with Crippen molar-refractivity contribution in [2.45, 2.75) is 12.2 Å². The van der Waals surface area contributed by atoms with E-state index in [4.69, 9.17) is 32.5 Å². The smallest absolute Gasteiger partial charge is 0.126 e. The van der Waals surface area contributed by atoms with Crippen LogP contribution >= 0.6 is 0 Å². The molecule has 0 aliphatic rings. The van der Waals surface area contributed by atoms with Crippen molar-refractivity contribution in [1.82, 2.24) is 0 Å². The van der Waals surface area contributed by atoms with Crippen molar-refractivity contribution < 1.29 is 15.3 Å². The van der Waals surface area contributed by atoms with Gasteiger partial charge in [-0.1, -0.05) is 0 Å². The first-order valence-electron chi connectivity index (χ1n) is 3.63. The highest BCUT2D eigenvalue weighted by atomic mass is 16.3. The van der Waals surface area contributed by atoms with Crippen LogP contribution in [0.15, 0.2) is 0 Å². The Morgan fingerprint density at radius 2 is 1.33 bits per heavy atom. The quantitative estimate of drug-likeness (QED) is 0.247. The Bertz CT molecular complexity index is 130. The summed E-state index contributed by atoms with van der Waals surface area (Å²) in [7, 11) is 0. The predicted molar refractivity (Wildman–Crippen MR) is 43.6 cm³/mol. The van der Waals surface area contributed by atoms with Gasteiger partial charge in [-0.25, -0.2) is 0 Å². The number of nitrogens with two attached hydrogens (primary N) is 3. The number of hydrogen-bond donors (Lipinski definition) is 6. The summed E-state index contributed by atoms with van der Waals surface area (Å²) in [6, 6.07) is 0. The Morgan fingerprint density at radius 1 is 0.917 bits per heavy atom. The first-order chi connectivity index (χ1) is 5.43. The maximum absolute atomic E-state index is 8.93. The van der Waals surface area contributed by atoms with E-state index < -0.39 is 24.4 Å². The molecule has 0 aliphatic carbocycles. The fraction of sp³-hybridized carbons (Fsp3) is 1.00. The standard InChI is InChI=1S/C6H17N3O3/c7-6(8,9)5(3-11,4-12)1-2-10/h10-12H,1-4,7-9H2. The lowest BCUT2D eigenvalue weighted by atomic mass is 9.80. The van der Waals surface area contributed by atoms with Gasteiger partial charge in [-0.3, -0.25) is 0 Å². The van der Waals surface area contributed by atoms with E-state index in [1.807, 2.05) is 0 Å². The summed E-state index contributed by atoms with van der Waals surface area (Å²) in [5.41, 5.74) is 14.8. The van der Waals surface area contributed by atoms with Gasteiger partial charge in [-0.05, 0) is 6.42 Å². The van der Waals surface area contributed by atoms with Crippen LogP contribution < -0.4 is 17.2 Å². The average molecular weight is 179 g/mol. The minimum absolute atomic E-state index is 0.0590. The van der Waals surface area contributed by atoms with Crippen molar-refractivity contribution in [3.8, 4) is 0 Å². The lowest BCUT2D eigenvalue weighted by Crippen LogP contribution is -2.71. The summed E-state index contributed by atoms with van der Waals surface area (Å²) in [6.07, 6.45) is 0.0590. The molecule has 9 N–H and O–H groups in total. The second-order valence-corrected chi connectivity index (χ2v) is 3.00. The lowest BCUT2D eigenvalue weighted by Gasteiger charge is -2.40. The van der Waals surface area contributed by atoms with Gasteiger partial charge in [0.25, 0.3) is 0 Å². The largest absolute Gasteiger partial charge is 0.396 e. The van der Waals surface area contributed by atoms with Crippen LogP contribution in [0.25, 0.3) is 0 Å². The van der Waals surface area contributed by atoms with E-state index in [2.05, 4.69) is 0 Å². The van der Waals surface area contributed by atoms with Gasteiger partial charge in [0.05, 0.1) is 18.6 Å². The van der Waals surface area contributed by atoms with Gasteiger partial charge in [0.15, 0.2) is 0 Å². The molecule has 0 unspecified atom stereocenters. The van der Waals surface area contributed by atoms with Crippen molar-refractivity contribution in [2.24, 2.45) is 22.6 Å². The molecule has 0 heterocycles. The van der Waals surface area contributed by atoms with Crippen molar-refractivity contribution in [2.75, 3.05) is 19.8 Å². The summed E-state index contributed by atoms with van der Waals surface area (Å²) in [6.45, 7) is -1.17. The average Bonchev–Trinajstić information content (AvgIpc) is 1.98. The van der Waals surface area contributed by atoms with E-state index in [-0.39, 0.29) is 13.0 Å². The van der Waals surface area contributed by atoms with Gasteiger partial charge < -0.3 is 32.5 Å². The molecule has 6 heteroatoms. The van der Waals surface area contributed by atoms with Gasteiger partial charge in [0, 0.05) is 6.61 Å². The Hall–Kier alpha value is -0.240. The van der Waals surface area contributed by atoms with Gasteiger partial charge >= 0.3 is 0 Å². The zero-order valence-corrected chi connectivity index (χ0v) is 6.90. The highest BCUT2D eigenvalue weighted by Gasteiger charge is 2.42. The SMILES string of the molecule is NC(N)(N)C(CO)(CO)CCO. The molecule has 12 heavy (non-hydrogen) atoms. The summed E-state index contributed by atoms with van der Waals surface area (Å²) in [4.78, 5) is 0. The van der Waals surface area contributed by atoms with Gasteiger partial charge in [-0.2, -0.15) is 0 Å². The van der Waals surface area contributed by atoms with E-state index in [0.717, 1.165) is 0 Å². The minimum atomic E-state index is -1.70. The van der Waals surface area contributed by atoms with Gasteiger partial charge in [0.1, 0.15) is 5.79 Å². The highest BCUT2D eigenvalue weighted by molar-refractivity contribution is 4.93. The maximum atomic E-state index is 8.93. The first kappa shape index (κ1) is 11.8. The summed E-state index contributed by atoms with van der Waals surface area (Å²) < 4.78 is 0. The van der Waals surface area contributed by atoms with E-state index in [1.165, 1.54) is 0 Å². The van der Waals surface area contributed by atoms with Crippen LogP contribution in [0.3, 0.4) is 0 Å². The summed E-state index contributed by atoms with van der Waals surface area (Å²) in [5, 5.41) is 26.5. The Labute approximate surface area is 71.0 Å². The Balaban J connectivity index is 4.57. The topological polar surface area (TPSA) is 139 Å². The molecule has 0 rings (SSSR count). The van der Waals surface area contributed by atoms with Crippen LogP contribution in [0.2, 0.25) is 0 Å². The summed E-state index contributed by atoms with van der Waals surface area (Å²) in [5.74, 6) is -1.70. The Kier molecular flexibility index (Phi) is 4.04. The molecule has 6 nitrogen and oxygen atoms in total. The fourth-order valence-electron chi connectivity index (χ4n) is 0.912. The van der Waals surface area contributed by atoms with Gasteiger partial charge in [0.2, 0.25) is 0 Å². The molecular weight excluding hydrogens is 162 g/mol. The number of aliphatic hydroxyl groups excluding tert-OH is 3. The first-order valence-corrected chi connectivity index (χ1v) is 3.63. The van der Waals surface area contributed by atoms with Crippen LogP contribution in [-0.4, -0.2) is 40.9 Å². The lowest BCUT2D eigenvalue weighted by molar-refractivity contribution is -0.0262. The normalized spacial score (nSPS) is 13.5. The monoisotopic (exact) mass is 179 g/mol. The maximum Gasteiger partial charge on any atom is 0.126 e. The second kappa shape index (κ2) is 4.13. The molecule has 0 saturated heterocycles. The second-order valence-electron chi connectivity index (χ2n) is 3.00. The number of rotatable bonds is 5. The molecule has 0 saturated carbocycles. The molecule has 0 aromatic heterocycles. The van der Waals surface area contributed by atoms with E-state index >= 15 is 0 Å². The van der Waals surface area contributed by atoms with E-state index in [0.29, 0.717) is 0 Å². The summed E-state index contributed by atoms with van der Waals surface area (Å²) >= 11 is 0. The molecule has 0 bridgehead atoms. The molecule has 0 aromatic carbocycles. The van der Waals surface area contributed by atoms with Crippen LogP contribution in [0.4, 0.5) is 0 Å². The van der Waals surface area contributed by atoms with Crippen molar-refractivity contribution >= 4 is 0 Å². The Morgan fingerprint density at radius 3 is 1.42 bits per heavy atom. The van der Waals surface area contributed by atoms with Crippen LogP contribution in [0.1, 0.15) is 6.42 Å². The van der Waals surface area contributed by atoms with E-state index in [1.54, 1.807) is 0 Å². The fourth-order valence-corrected chi connectivity index (χ4v) is 0.912. The molecule has 0 fully saturated rings. The van der Waals surface area contributed by atoms with E-state index in [9.17, 15) is 0 Å². The zero-order valence-electron chi connectivity index (χ0n) is 6.90. The predicted octanol–water partition coefficient (Wildman–Crippen LogP) is -3.13. The van der Waals surface area contributed by atoms with Crippen LogP contribution in [0, 0.1) is 5.41 Å². The minimum Gasteiger partial charge on any atom is -0.396 e. The molecule has 0 aromatic rings. The van der Waals surface area contributed by atoms with Crippen molar-refractivity contribution in [1.29, 1.82) is 0 Å². The molecule has 0 aliphatic heterocycles. The van der Waals surface area contributed by atoms with Crippen LogP contribution in [0.5, 0.6) is 0 Å². The molecule has 0 spiro atoms. The third-order valence-corrected chi connectivity index (χ3v) is 2.11. The zero-order chi connectivity index (χ0) is 9.83. The number of aliphatic hydroxyl groups is 3. The molecule has 0 atom stereocenters. The van der Waals surface area contributed by atoms with Crippen molar-refractivity contribution in [3.63, 3.8) is 0 Å². The number of hydrogen-bond acceptors (Lipinski definition) is 6. The molecule has 74 valence electrons. The molecular formula is C6H17N3O3. The molecule has 0 amide bonds. The van der Waals surface area contributed by atoms with Crippen LogP contribution in [-0.2, 0) is 0 Å². The third kappa shape index (κ3) is 2.13. The third-order valence-electron chi connectivity index (χ3n) is 2.11. The van der Waals surface area contributed by atoms with Crippen molar-refractivity contribution in [3.05, 3.63) is 0 Å². The van der Waals surface area contributed by atoms with Gasteiger partial charge in [-0.15, -0.1) is 0 Å². The molecule has 0 radical (unpaired) electrons. The highest BCUT2D eigenvalue weighted by Crippen LogP contribution is 2.25.